The summed E-state index contributed by atoms with van der Waals surface area (Å²) in [6.45, 7) is 0.394. The van der Waals surface area contributed by atoms with Gasteiger partial charge in [0.25, 0.3) is 0 Å². The van der Waals surface area contributed by atoms with E-state index in [2.05, 4.69) is 0 Å². The zero-order chi connectivity index (χ0) is 15.7. The summed E-state index contributed by atoms with van der Waals surface area (Å²) >= 11 is 0. The summed E-state index contributed by atoms with van der Waals surface area (Å²) in [4.78, 5) is 0. The molecule has 0 bridgehead atoms. The van der Waals surface area contributed by atoms with Crippen molar-refractivity contribution in [2.75, 3.05) is 20.8 Å². The van der Waals surface area contributed by atoms with Crippen molar-refractivity contribution < 1.29 is 18.6 Å². The SMILES string of the molecule is COc1ccc(OC)c(-c2cc(F)cc3c2O[C@H](CN)C3)c1. The molecule has 0 aliphatic carbocycles. The molecule has 2 N–H and O–H groups in total. The van der Waals surface area contributed by atoms with E-state index in [-0.39, 0.29) is 11.9 Å². The van der Waals surface area contributed by atoms with Crippen molar-refractivity contribution >= 4 is 0 Å². The first-order valence-corrected chi connectivity index (χ1v) is 7.07. The van der Waals surface area contributed by atoms with E-state index >= 15 is 0 Å². The van der Waals surface area contributed by atoms with Crippen molar-refractivity contribution in [2.45, 2.75) is 12.5 Å². The van der Waals surface area contributed by atoms with Gasteiger partial charge in [0.05, 0.1) is 14.2 Å². The number of hydrogen-bond donors (Lipinski definition) is 1. The molecule has 0 unspecified atom stereocenters. The Morgan fingerprint density at radius 3 is 2.68 bits per heavy atom. The van der Waals surface area contributed by atoms with Crippen LogP contribution in [0.25, 0.3) is 11.1 Å². The van der Waals surface area contributed by atoms with Crippen molar-refractivity contribution in [3.8, 4) is 28.4 Å². The highest BCUT2D eigenvalue weighted by molar-refractivity contribution is 5.79. The standard InChI is InChI=1S/C17H18FNO3/c1-20-12-3-4-16(21-2)14(8-12)15-7-11(18)5-10-6-13(9-19)22-17(10)15/h3-5,7-8,13H,6,9,19H2,1-2H3/t13-/m0/s1. The Hall–Kier alpha value is -2.27. The largest absolute Gasteiger partial charge is 0.497 e. The van der Waals surface area contributed by atoms with Gasteiger partial charge in [0.2, 0.25) is 0 Å². The lowest BCUT2D eigenvalue weighted by atomic mass is 9.99. The van der Waals surface area contributed by atoms with Gasteiger partial charge in [0.15, 0.2) is 0 Å². The number of ether oxygens (including phenoxy) is 3. The molecule has 0 radical (unpaired) electrons. The Balaban J connectivity index is 2.17. The molecular formula is C17H18FNO3. The molecule has 22 heavy (non-hydrogen) atoms. The Bertz CT molecular complexity index is 703. The van der Waals surface area contributed by atoms with Gasteiger partial charge < -0.3 is 19.9 Å². The number of fused-ring (bicyclic) bond motifs is 1. The molecule has 0 aromatic heterocycles. The van der Waals surface area contributed by atoms with E-state index in [1.54, 1.807) is 26.4 Å². The second-order valence-corrected chi connectivity index (χ2v) is 5.19. The maximum atomic E-state index is 14.0. The number of nitrogens with two attached hydrogens (primary N) is 1. The van der Waals surface area contributed by atoms with Crippen LogP contribution in [0.15, 0.2) is 30.3 Å². The van der Waals surface area contributed by atoms with Crippen LogP contribution in [0.1, 0.15) is 5.56 Å². The van der Waals surface area contributed by atoms with Crippen LogP contribution in [0, 0.1) is 5.82 Å². The Kier molecular flexibility index (Phi) is 3.90. The van der Waals surface area contributed by atoms with Gasteiger partial charge in [-0.25, -0.2) is 4.39 Å². The third-order valence-corrected chi connectivity index (χ3v) is 3.82. The van der Waals surface area contributed by atoms with Crippen LogP contribution in [-0.2, 0) is 6.42 Å². The third-order valence-electron chi connectivity index (χ3n) is 3.82. The minimum Gasteiger partial charge on any atom is -0.497 e. The van der Waals surface area contributed by atoms with Crippen molar-refractivity contribution in [1.29, 1.82) is 0 Å². The molecule has 1 atom stereocenters. The highest BCUT2D eigenvalue weighted by Gasteiger charge is 2.27. The van der Waals surface area contributed by atoms with Gasteiger partial charge in [-0.1, -0.05) is 0 Å². The predicted molar refractivity (Wildman–Crippen MR) is 82.1 cm³/mol. The molecule has 0 amide bonds. The average molecular weight is 303 g/mol. The van der Waals surface area contributed by atoms with Gasteiger partial charge in [-0.05, 0) is 30.3 Å². The van der Waals surface area contributed by atoms with Crippen LogP contribution in [0.5, 0.6) is 17.2 Å². The Morgan fingerprint density at radius 2 is 2.00 bits per heavy atom. The van der Waals surface area contributed by atoms with Gasteiger partial charge in [-0.2, -0.15) is 0 Å². The molecule has 116 valence electrons. The topological polar surface area (TPSA) is 53.7 Å². The molecule has 0 saturated heterocycles. The lowest BCUT2D eigenvalue weighted by Gasteiger charge is -2.15. The summed E-state index contributed by atoms with van der Waals surface area (Å²) in [5, 5.41) is 0. The van der Waals surface area contributed by atoms with Gasteiger partial charge in [-0.3, -0.25) is 0 Å². The molecule has 0 fully saturated rings. The fourth-order valence-corrected chi connectivity index (χ4v) is 2.75. The first kappa shape index (κ1) is 14.7. The fourth-order valence-electron chi connectivity index (χ4n) is 2.75. The maximum absolute atomic E-state index is 14.0. The summed E-state index contributed by atoms with van der Waals surface area (Å²) in [6, 6.07) is 8.36. The lowest BCUT2D eigenvalue weighted by Crippen LogP contribution is -2.24. The van der Waals surface area contributed by atoms with Crippen LogP contribution in [-0.4, -0.2) is 26.9 Å². The van der Waals surface area contributed by atoms with Gasteiger partial charge in [0, 0.05) is 29.7 Å². The molecule has 0 spiro atoms. The molecule has 2 aromatic rings. The first-order valence-electron chi connectivity index (χ1n) is 7.07. The van der Waals surface area contributed by atoms with Crippen molar-refractivity contribution in [3.63, 3.8) is 0 Å². The smallest absolute Gasteiger partial charge is 0.131 e. The lowest BCUT2D eigenvalue weighted by molar-refractivity contribution is 0.242. The molecule has 5 heteroatoms. The number of halogens is 1. The zero-order valence-corrected chi connectivity index (χ0v) is 12.6. The van der Waals surface area contributed by atoms with Crippen molar-refractivity contribution in [3.05, 3.63) is 41.7 Å². The third kappa shape index (κ3) is 2.48. The van der Waals surface area contributed by atoms with E-state index in [0.717, 1.165) is 11.1 Å². The van der Waals surface area contributed by atoms with E-state index in [1.165, 1.54) is 12.1 Å². The van der Waals surface area contributed by atoms with Crippen LogP contribution in [0.4, 0.5) is 4.39 Å². The van der Waals surface area contributed by atoms with Gasteiger partial charge in [-0.15, -0.1) is 0 Å². The zero-order valence-electron chi connectivity index (χ0n) is 12.6. The summed E-state index contributed by atoms with van der Waals surface area (Å²) in [6.07, 6.45) is 0.496. The Labute approximate surface area is 128 Å². The normalized spacial score (nSPS) is 16.1. The molecule has 2 aromatic carbocycles. The van der Waals surface area contributed by atoms with E-state index in [9.17, 15) is 4.39 Å². The number of methoxy groups -OCH3 is 2. The van der Waals surface area contributed by atoms with Gasteiger partial charge in [0.1, 0.15) is 29.2 Å². The molecule has 3 rings (SSSR count). The molecule has 1 heterocycles. The van der Waals surface area contributed by atoms with Crippen molar-refractivity contribution in [2.24, 2.45) is 5.73 Å². The second-order valence-electron chi connectivity index (χ2n) is 5.19. The highest BCUT2D eigenvalue weighted by Crippen LogP contribution is 2.43. The number of rotatable bonds is 4. The predicted octanol–water partition coefficient (Wildman–Crippen LogP) is 2.77. The maximum Gasteiger partial charge on any atom is 0.131 e. The highest BCUT2D eigenvalue weighted by atomic mass is 19.1. The molecule has 1 aliphatic heterocycles. The van der Waals surface area contributed by atoms with Crippen molar-refractivity contribution in [1.82, 2.24) is 0 Å². The van der Waals surface area contributed by atoms with Crippen LogP contribution in [0.2, 0.25) is 0 Å². The van der Waals surface area contributed by atoms with Crippen LogP contribution >= 0.6 is 0 Å². The van der Waals surface area contributed by atoms with Gasteiger partial charge >= 0.3 is 0 Å². The summed E-state index contributed by atoms with van der Waals surface area (Å²) in [5.74, 6) is 1.67. The van der Waals surface area contributed by atoms with E-state index in [0.29, 0.717) is 35.8 Å². The summed E-state index contributed by atoms with van der Waals surface area (Å²) in [5.41, 5.74) is 7.89. The monoisotopic (exact) mass is 303 g/mol. The van der Waals surface area contributed by atoms with E-state index in [4.69, 9.17) is 19.9 Å². The number of hydrogen-bond acceptors (Lipinski definition) is 4. The van der Waals surface area contributed by atoms with Crippen LogP contribution < -0.4 is 19.9 Å². The minimum absolute atomic E-state index is 0.118. The van der Waals surface area contributed by atoms with E-state index < -0.39 is 0 Å². The second kappa shape index (κ2) is 5.85. The number of benzene rings is 2. The summed E-state index contributed by atoms with van der Waals surface area (Å²) < 4.78 is 30.5. The van der Waals surface area contributed by atoms with E-state index in [1.807, 2.05) is 6.07 Å². The molecule has 0 saturated carbocycles. The minimum atomic E-state index is -0.306. The summed E-state index contributed by atoms with van der Waals surface area (Å²) in [7, 11) is 3.16. The average Bonchev–Trinajstić information content (AvgIpc) is 2.96. The molecular weight excluding hydrogens is 285 g/mol. The quantitative estimate of drug-likeness (QED) is 0.943. The molecule has 4 nitrogen and oxygen atoms in total. The molecule has 1 aliphatic rings. The van der Waals surface area contributed by atoms with Crippen LogP contribution in [0.3, 0.4) is 0 Å². The first-order chi connectivity index (χ1) is 10.7. The Morgan fingerprint density at radius 1 is 1.18 bits per heavy atom. The fraction of sp³-hybridized carbons (Fsp3) is 0.294.